The first-order valence-electron chi connectivity index (χ1n) is 5.01. The van der Waals surface area contributed by atoms with E-state index in [1.165, 1.54) is 0 Å². The van der Waals surface area contributed by atoms with Gasteiger partial charge in [0.05, 0.1) is 23.6 Å². The molecule has 0 aromatic carbocycles. The van der Waals surface area contributed by atoms with Crippen molar-refractivity contribution in [2.75, 3.05) is 13.7 Å². The average Bonchev–Trinajstić information content (AvgIpc) is 2.26. The molecule has 15 heavy (non-hydrogen) atoms. The van der Waals surface area contributed by atoms with Crippen molar-refractivity contribution in [2.24, 2.45) is 5.84 Å². The number of rotatable bonds is 6. The minimum Gasteiger partial charge on any atom is -0.385 e. The molecule has 0 aliphatic carbocycles. The third-order valence-corrected chi connectivity index (χ3v) is 2.20. The van der Waals surface area contributed by atoms with Gasteiger partial charge in [-0.2, -0.15) is 0 Å². The van der Waals surface area contributed by atoms with Crippen molar-refractivity contribution in [3.8, 4) is 0 Å². The molecule has 0 aliphatic rings. The van der Waals surface area contributed by atoms with Crippen LogP contribution < -0.4 is 11.3 Å². The predicted molar refractivity (Wildman–Crippen MR) is 57.9 cm³/mol. The van der Waals surface area contributed by atoms with Crippen molar-refractivity contribution in [1.82, 2.24) is 15.4 Å². The number of methoxy groups -OCH3 is 1. The fraction of sp³-hybridized carbons (Fsp3) is 0.600. The van der Waals surface area contributed by atoms with Crippen LogP contribution in [0.4, 0.5) is 0 Å². The summed E-state index contributed by atoms with van der Waals surface area (Å²) in [5.41, 5.74) is 4.52. The quantitative estimate of drug-likeness (QED) is 0.411. The van der Waals surface area contributed by atoms with Crippen molar-refractivity contribution in [2.45, 2.75) is 25.8 Å². The van der Waals surface area contributed by atoms with E-state index in [2.05, 4.69) is 15.4 Å². The molecule has 1 atom stereocenters. The molecule has 0 spiro atoms. The lowest BCUT2D eigenvalue weighted by molar-refractivity contribution is 0.188. The van der Waals surface area contributed by atoms with Gasteiger partial charge in [0.1, 0.15) is 0 Å². The van der Waals surface area contributed by atoms with Crippen LogP contribution in [0, 0.1) is 6.92 Å². The number of ether oxygens (including phenoxy) is 1. The second kappa shape index (κ2) is 6.44. The van der Waals surface area contributed by atoms with Gasteiger partial charge in [-0.15, -0.1) is 0 Å². The molecule has 1 unspecified atom stereocenters. The van der Waals surface area contributed by atoms with Crippen molar-refractivity contribution in [3.05, 3.63) is 23.8 Å². The number of hydrazine groups is 1. The van der Waals surface area contributed by atoms with Crippen LogP contribution in [0.2, 0.25) is 0 Å². The third-order valence-electron chi connectivity index (χ3n) is 2.20. The van der Waals surface area contributed by atoms with Crippen LogP contribution >= 0.6 is 0 Å². The monoisotopic (exact) mass is 210 g/mol. The molecule has 1 aromatic heterocycles. The van der Waals surface area contributed by atoms with Gasteiger partial charge in [0, 0.05) is 19.9 Å². The fourth-order valence-corrected chi connectivity index (χ4v) is 1.33. The first-order valence-corrected chi connectivity index (χ1v) is 5.01. The summed E-state index contributed by atoms with van der Waals surface area (Å²) in [5, 5.41) is 0. The maximum Gasteiger partial charge on any atom is 0.0769 e. The highest BCUT2D eigenvalue weighted by Gasteiger charge is 2.10. The van der Waals surface area contributed by atoms with E-state index in [1.54, 1.807) is 19.5 Å². The summed E-state index contributed by atoms with van der Waals surface area (Å²) in [7, 11) is 1.69. The molecule has 1 heterocycles. The van der Waals surface area contributed by atoms with Gasteiger partial charge in [0.25, 0.3) is 0 Å². The molecular formula is C10H18N4O. The van der Waals surface area contributed by atoms with Crippen LogP contribution in [0.15, 0.2) is 12.4 Å². The van der Waals surface area contributed by atoms with Crippen molar-refractivity contribution < 1.29 is 4.74 Å². The second-order valence-electron chi connectivity index (χ2n) is 3.44. The van der Waals surface area contributed by atoms with Gasteiger partial charge >= 0.3 is 0 Å². The topological polar surface area (TPSA) is 73.1 Å². The van der Waals surface area contributed by atoms with E-state index in [0.29, 0.717) is 0 Å². The smallest absolute Gasteiger partial charge is 0.0769 e. The van der Waals surface area contributed by atoms with Crippen LogP contribution in [0.1, 0.15) is 30.3 Å². The first-order chi connectivity index (χ1) is 7.27. The Hall–Kier alpha value is -1.04. The third kappa shape index (κ3) is 3.91. The average molecular weight is 210 g/mol. The highest BCUT2D eigenvalue weighted by atomic mass is 16.5. The Morgan fingerprint density at radius 1 is 1.47 bits per heavy atom. The van der Waals surface area contributed by atoms with Crippen LogP contribution in [-0.4, -0.2) is 23.7 Å². The van der Waals surface area contributed by atoms with Crippen LogP contribution in [0.3, 0.4) is 0 Å². The minimum absolute atomic E-state index is 0.0493. The Morgan fingerprint density at radius 3 is 2.80 bits per heavy atom. The highest BCUT2D eigenvalue weighted by molar-refractivity contribution is 5.05. The minimum atomic E-state index is 0.0493. The molecule has 0 saturated heterocycles. The Bertz CT molecular complexity index is 275. The Labute approximate surface area is 90.0 Å². The molecule has 0 bridgehead atoms. The number of nitrogens with one attached hydrogen (secondary N) is 1. The van der Waals surface area contributed by atoms with Gasteiger partial charge in [-0.3, -0.25) is 21.2 Å². The summed E-state index contributed by atoms with van der Waals surface area (Å²) in [6.07, 6.45) is 5.34. The van der Waals surface area contributed by atoms with Crippen molar-refractivity contribution in [1.29, 1.82) is 0 Å². The zero-order chi connectivity index (χ0) is 11.1. The number of nitrogens with zero attached hydrogens (tertiary/aromatic N) is 2. The maximum atomic E-state index is 5.47. The summed E-state index contributed by atoms with van der Waals surface area (Å²) in [5.74, 6) is 5.47. The van der Waals surface area contributed by atoms with Gasteiger partial charge in [-0.05, 0) is 19.8 Å². The van der Waals surface area contributed by atoms with E-state index >= 15 is 0 Å². The van der Waals surface area contributed by atoms with E-state index < -0.39 is 0 Å². The molecular weight excluding hydrogens is 192 g/mol. The molecule has 0 fully saturated rings. The summed E-state index contributed by atoms with van der Waals surface area (Å²) in [6, 6.07) is 0.0493. The Kier molecular flexibility index (Phi) is 5.17. The number of hydrogen-bond acceptors (Lipinski definition) is 5. The maximum absolute atomic E-state index is 5.47. The van der Waals surface area contributed by atoms with Crippen LogP contribution in [-0.2, 0) is 4.74 Å². The van der Waals surface area contributed by atoms with Gasteiger partial charge in [0.2, 0.25) is 0 Å². The van der Waals surface area contributed by atoms with Gasteiger partial charge in [-0.25, -0.2) is 0 Å². The molecule has 1 rings (SSSR count). The van der Waals surface area contributed by atoms with E-state index in [-0.39, 0.29) is 6.04 Å². The predicted octanol–water partition coefficient (Wildman–Crippen LogP) is 0.716. The molecule has 0 saturated carbocycles. The van der Waals surface area contributed by atoms with Crippen LogP contribution in [0.25, 0.3) is 0 Å². The molecule has 5 heteroatoms. The summed E-state index contributed by atoms with van der Waals surface area (Å²) in [4.78, 5) is 8.47. The first kappa shape index (κ1) is 12.0. The summed E-state index contributed by atoms with van der Waals surface area (Å²) < 4.78 is 4.99. The lowest BCUT2D eigenvalue weighted by Gasteiger charge is -2.14. The van der Waals surface area contributed by atoms with Crippen molar-refractivity contribution in [3.63, 3.8) is 0 Å². The Balaban J connectivity index is 2.53. The summed E-state index contributed by atoms with van der Waals surface area (Å²) in [6.45, 7) is 2.64. The van der Waals surface area contributed by atoms with E-state index in [0.717, 1.165) is 30.8 Å². The van der Waals surface area contributed by atoms with E-state index in [1.807, 2.05) is 6.92 Å². The van der Waals surface area contributed by atoms with Gasteiger partial charge < -0.3 is 4.74 Å². The molecule has 0 amide bonds. The van der Waals surface area contributed by atoms with E-state index in [4.69, 9.17) is 10.6 Å². The molecule has 84 valence electrons. The largest absolute Gasteiger partial charge is 0.385 e. The normalized spacial score (nSPS) is 12.7. The lowest BCUT2D eigenvalue weighted by atomic mass is 10.1. The number of aromatic nitrogens is 2. The van der Waals surface area contributed by atoms with Gasteiger partial charge in [-0.1, -0.05) is 0 Å². The fourth-order valence-electron chi connectivity index (χ4n) is 1.33. The number of aryl methyl sites for hydroxylation is 1. The molecule has 3 N–H and O–H groups in total. The molecule has 0 aliphatic heterocycles. The molecule has 0 radical (unpaired) electrons. The van der Waals surface area contributed by atoms with Gasteiger partial charge in [0.15, 0.2) is 0 Å². The lowest BCUT2D eigenvalue weighted by Crippen LogP contribution is -2.29. The molecule has 1 aromatic rings. The summed E-state index contributed by atoms with van der Waals surface area (Å²) >= 11 is 0. The highest BCUT2D eigenvalue weighted by Crippen LogP contribution is 2.14. The van der Waals surface area contributed by atoms with Crippen molar-refractivity contribution >= 4 is 0 Å². The van der Waals surface area contributed by atoms with E-state index in [9.17, 15) is 0 Å². The standard InChI is InChI=1S/C10H18N4O/c1-8-6-13-10(7-12-8)9(14-11)4-3-5-15-2/h6-7,9,14H,3-5,11H2,1-2H3. The number of nitrogens with two attached hydrogens (primary N) is 1. The molecule has 5 nitrogen and oxygen atoms in total. The second-order valence-corrected chi connectivity index (χ2v) is 3.44. The number of hydrogen-bond donors (Lipinski definition) is 2. The SMILES string of the molecule is COCCCC(NN)c1cnc(C)cn1. The Morgan fingerprint density at radius 2 is 2.27 bits per heavy atom. The zero-order valence-corrected chi connectivity index (χ0v) is 9.23. The zero-order valence-electron chi connectivity index (χ0n) is 9.23. The van der Waals surface area contributed by atoms with Crippen LogP contribution in [0.5, 0.6) is 0 Å².